The zero-order chi connectivity index (χ0) is 22.1. The largest absolute Gasteiger partial charge is 0.493 e. The third-order valence-corrected chi connectivity index (χ3v) is 5.87. The number of nitrogens with zero attached hydrogens (tertiary/aromatic N) is 1. The summed E-state index contributed by atoms with van der Waals surface area (Å²) in [6.07, 6.45) is 1.57. The highest BCUT2D eigenvalue weighted by atomic mass is 79.9. The van der Waals surface area contributed by atoms with Gasteiger partial charge in [0, 0.05) is 4.90 Å². The minimum Gasteiger partial charge on any atom is -0.493 e. The van der Waals surface area contributed by atoms with E-state index in [2.05, 4.69) is 26.5 Å². The SMILES string of the molecule is COc1cc(/C=N\NC(=O)CSc2ccc(C)cc2)cc(Br)c1OCc1ccccc1. The number of carbonyl (C=O) groups is 1. The van der Waals surface area contributed by atoms with Crippen LogP contribution in [0.2, 0.25) is 0 Å². The van der Waals surface area contributed by atoms with Gasteiger partial charge in [0.2, 0.25) is 5.91 Å². The predicted molar refractivity (Wildman–Crippen MR) is 129 cm³/mol. The Morgan fingerprint density at radius 3 is 2.58 bits per heavy atom. The van der Waals surface area contributed by atoms with Crippen LogP contribution in [-0.4, -0.2) is 25.0 Å². The topological polar surface area (TPSA) is 59.9 Å². The minimum atomic E-state index is -0.171. The first-order valence-corrected chi connectivity index (χ1v) is 11.4. The Morgan fingerprint density at radius 2 is 1.87 bits per heavy atom. The lowest BCUT2D eigenvalue weighted by Crippen LogP contribution is -2.19. The summed E-state index contributed by atoms with van der Waals surface area (Å²) in [7, 11) is 1.59. The number of amides is 1. The highest BCUT2D eigenvalue weighted by molar-refractivity contribution is 9.10. The number of hydrogen-bond donors (Lipinski definition) is 1. The predicted octanol–water partition coefficient (Wildman–Crippen LogP) is 5.59. The van der Waals surface area contributed by atoms with Crippen molar-refractivity contribution in [3.05, 3.63) is 87.9 Å². The van der Waals surface area contributed by atoms with Crippen molar-refractivity contribution in [2.75, 3.05) is 12.9 Å². The molecule has 0 atom stereocenters. The van der Waals surface area contributed by atoms with Gasteiger partial charge in [-0.05, 0) is 58.2 Å². The van der Waals surface area contributed by atoms with Gasteiger partial charge in [0.15, 0.2) is 11.5 Å². The first-order chi connectivity index (χ1) is 15.0. The Hall–Kier alpha value is -2.77. The Balaban J connectivity index is 1.56. The number of methoxy groups -OCH3 is 1. The van der Waals surface area contributed by atoms with Gasteiger partial charge in [0.05, 0.1) is 23.5 Å². The molecule has 3 rings (SSSR count). The molecule has 0 spiro atoms. The first-order valence-electron chi connectivity index (χ1n) is 9.61. The molecule has 1 amide bonds. The van der Waals surface area contributed by atoms with Crippen molar-refractivity contribution >= 4 is 39.8 Å². The standard InChI is InChI=1S/C24H23BrN2O3S/c1-17-8-10-20(11-9-17)31-16-23(28)27-26-14-19-12-21(25)24(22(13-19)29-2)30-15-18-6-4-3-5-7-18/h3-14H,15-16H2,1-2H3,(H,27,28)/b26-14-. The Labute approximate surface area is 195 Å². The second-order valence-electron chi connectivity index (χ2n) is 6.70. The van der Waals surface area contributed by atoms with Gasteiger partial charge in [-0.25, -0.2) is 5.43 Å². The van der Waals surface area contributed by atoms with Crippen molar-refractivity contribution in [3.63, 3.8) is 0 Å². The molecule has 1 N–H and O–H groups in total. The number of benzene rings is 3. The van der Waals surface area contributed by atoms with Crippen LogP contribution >= 0.6 is 27.7 Å². The molecule has 0 aliphatic heterocycles. The number of halogens is 1. The molecule has 5 nitrogen and oxygen atoms in total. The molecule has 160 valence electrons. The first kappa shape index (κ1) is 22.9. The number of nitrogens with one attached hydrogen (secondary N) is 1. The molecule has 31 heavy (non-hydrogen) atoms. The number of hydrazone groups is 1. The molecule has 0 heterocycles. The van der Waals surface area contributed by atoms with E-state index in [9.17, 15) is 4.79 Å². The number of rotatable bonds is 9. The summed E-state index contributed by atoms with van der Waals surface area (Å²) < 4.78 is 12.1. The number of hydrogen-bond acceptors (Lipinski definition) is 5. The van der Waals surface area contributed by atoms with E-state index in [1.165, 1.54) is 17.3 Å². The summed E-state index contributed by atoms with van der Waals surface area (Å²) in [5, 5.41) is 4.05. The molecule has 0 radical (unpaired) electrons. The molecular formula is C24H23BrN2O3S. The second kappa shape index (κ2) is 11.6. The van der Waals surface area contributed by atoms with Crippen molar-refractivity contribution in [1.29, 1.82) is 0 Å². The fraction of sp³-hybridized carbons (Fsp3) is 0.167. The zero-order valence-corrected chi connectivity index (χ0v) is 19.7. The van der Waals surface area contributed by atoms with E-state index >= 15 is 0 Å². The number of ether oxygens (including phenoxy) is 2. The molecule has 3 aromatic carbocycles. The molecule has 3 aromatic rings. The van der Waals surface area contributed by atoms with Crippen LogP contribution in [0.3, 0.4) is 0 Å². The van der Waals surface area contributed by atoms with Gasteiger partial charge >= 0.3 is 0 Å². The second-order valence-corrected chi connectivity index (χ2v) is 8.61. The van der Waals surface area contributed by atoms with Crippen LogP contribution < -0.4 is 14.9 Å². The van der Waals surface area contributed by atoms with Crippen LogP contribution in [0.25, 0.3) is 0 Å². The molecule has 0 aliphatic carbocycles. The van der Waals surface area contributed by atoms with Gasteiger partial charge in [-0.2, -0.15) is 5.10 Å². The number of aryl methyl sites for hydroxylation is 1. The van der Waals surface area contributed by atoms with Crippen LogP contribution in [-0.2, 0) is 11.4 Å². The van der Waals surface area contributed by atoms with E-state index in [1.54, 1.807) is 13.3 Å². The van der Waals surface area contributed by atoms with Crippen molar-refractivity contribution in [1.82, 2.24) is 5.43 Å². The van der Waals surface area contributed by atoms with Gasteiger partial charge in [0.1, 0.15) is 6.61 Å². The summed E-state index contributed by atoms with van der Waals surface area (Å²) in [6, 6.07) is 21.6. The molecule has 0 aliphatic rings. The highest BCUT2D eigenvalue weighted by Gasteiger charge is 2.11. The smallest absolute Gasteiger partial charge is 0.250 e. The normalized spacial score (nSPS) is 10.8. The minimum absolute atomic E-state index is 0.171. The maximum Gasteiger partial charge on any atom is 0.250 e. The Kier molecular flexibility index (Phi) is 8.55. The van der Waals surface area contributed by atoms with Crippen LogP contribution in [0.5, 0.6) is 11.5 Å². The molecule has 0 saturated carbocycles. The van der Waals surface area contributed by atoms with Gasteiger partial charge < -0.3 is 9.47 Å². The summed E-state index contributed by atoms with van der Waals surface area (Å²) in [6.45, 7) is 2.46. The van der Waals surface area contributed by atoms with Gasteiger partial charge in [-0.3, -0.25) is 4.79 Å². The average Bonchev–Trinajstić information content (AvgIpc) is 2.78. The molecule has 0 aromatic heterocycles. The van der Waals surface area contributed by atoms with Gasteiger partial charge in [0.25, 0.3) is 0 Å². The van der Waals surface area contributed by atoms with Gasteiger partial charge in [-0.15, -0.1) is 11.8 Å². The van der Waals surface area contributed by atoms with E-state index in [-0.39, 0.29) is 5.91 Å². The van der Waals surface area contributed by atoms with Crippen LogP contribution in [0.1, 0.15) is 16.7 Å². The molecule has 7 heteroatoms. The Bertz CT molecular complexity index is 1040. The zero-order valence-electron chi connectivity index (χ0n) is 17.3. The average molecular weight is 499 g/mol. The van der Waals surface area contributed by atoms with Crippen molar-refractivity contribution < 1.29 is 14.3 Å². The lowest BCUT2D eigenvalue weighted by molar-refractivity contribution is -0.118. The lowest BCUT2D eigenvalue weighted by Gasteiger charge is -2.13. The lowest BCUT2D eigenvalue weighted by atomic mass is 10.2. The third-order valence-electron chi connectivity index (χ3n) is 4.27. The van der Waals surface area contributed by atoms with Gasteiger partial charge in [-0.1, -0.05) is 48.0 Å². The number of thioether (sulfide) groups is 1. The van der Waals surface area contributed by atoms with Crippen LogP contribution in [0, 0.1) is 6.92 Å². The molecule has 0 unspecified atom stereocenters. The summed E-state index contributed by atoms with van der Waals surface area (Å²) in [5.41, 5.74) is 5.57. The fourth-order valence-corrected chi connectivity index (χ4v) is 3.94. The van der Waals surface area contributed by atoms with Crippen molar-refractivity contribution in [2.24, 2.45) is 5.10 Å². The highest BCUT2D eigenvalue weighted by Crippen LogP contribution is 2.36. The van der Waals surface area contributed by atoms with Crippen molar-refractivity contribution in [3.8, 4) is 11.5 Å². The summed E-state index contributed by atoms with van der Waals surface area (Å²) in [5.74, 6) is 1.31. The van der Waals surface area contributed by atoms with E-state index in [0.717, 1.165) is 20.5 Å². The van der Waals surface area contributed by atoms with Crippen LogP contribution in [0.15, 0.2) is 81.2 Å². The maximum absolute atomic E-state index is 12.0. The van der Waals surface area contributed by atoms with E-state index < -0.39 is 0 Å². The van der Waals surface area contributed by atoms with E-state index in [4.69, 9.17) is 9.47 Å². The van der Waals surface area contributed by atoms with E-state index in [0.29, 0.717) is 23.9 Å². The summed E-state index contributed by atoms with van der Waals surface area (Å²) >= 11 is 5.00. The monoisotopic (exact) mass is 498 g/mol. The molecule has 0 fully saturated rings. The third kappa shape index (κ3) is 7.15. The molecule has 0 saturated heterocycles. The fourth-order valence-electron chi connectivity index (χ4n) is 2.68. The maximum atomic E-state index is 12.0. The number of carbonyl (C=O) groups excluding carboxylic acids is 1. The summed E-state index contributed by atoms with van der Waals surface area (Å²) in [4.78, 5) is 13.1. The molecular weight excluding hydrogens is 476 g/mol. The van der Waals surface area contributed by atoms with Crippen molar-refractivity contribution in [2.45, 2.75) is 18.4 Å². The molecule has 0 bridgehead atoms. The van der Waals surface area contributed by atoms with Crippen LogP contribution in [0.4, 0.5) is 0 Å². The quantitative estimate of drug-likeness (QED) is 0.237. The Morgan fingerprint density at radius 1 is 1.13 bits per heavy atom. The van der Waals surface area contributed by atoms with E-state index in [1.807, 2.05) is 73.7 Å².